The SMILES string of the molecule is CC(C(=O)Nc1ccc(NC(N)=O)cc1)=C1CNC1. The number of amides is 3. The molecule has 1 aromatic carbocycles. The summed E-state index contributed by atoms with van der Waals surface area (Å²) >= 11 is 0. The molecule has 1 heterocycles. The van der Waals surface area contributed by atoms with E-state index in [0.29, 0.717) is 11.4 Å². The van der Waals surface area contributed by atoms with Crippen LogP contribution in [0.15, 0.2) is 35.4 Å². The Kier molecular flexibility index (Phi) is 3.82. The number of rotatable bonds is 3. The van der Waals surface area contributed by atoms with Crippen molar-refractivity contribution < 1.29 is 9.59 Å². The molecule has 0 bridgehead atoms. The lowest BCUT2D eigenvalue weighted by atomic mass is 10.0. The number of carbonyl (C=O) groups excluding carboxylic acids is 2. The standard InChI is InChI=1S/C13H16N4O2/c1-8(9-6-15-7-9)12(18)16-10-2-4-11(5-3-10)17-13(14)19/h2-5,15H,6-7H2,1H3,(H,16,18)(H3,14,17,19). The van der Waals surface area contributed by atoms with E-state index in [4.69, 9.17) is 5.73 Å². The summed E-state index contributed by atoms with van der Waals surface area (Å²) < 4.78 is 0. The van der Waals surface area contributed by atoms with E-state index < -0.39 is 6.03 Å². The van der Waals surface area contributed by atoms with Gasteiger partial charge in [-0.3, -0.25) is 4.79 Å². The van der Waals surface area contributed by atoms with Gasteiger partial charge in [0.2, 0.25) is 0 Å². The van der Waals surface area contributed by atoms with E-state index in [-0.39, 0.29) is 5.91 Å². The molecule has 3 amide bonds. The highest BCUT2D eigenvalue weighted by molar-refractivity contribution is 6.04. The third-order valence-corrected chi connectivity index (χ3v) is 2.96. The van der Waals surface area contributed by atoms with Crippen LogP contribution in [0.2, 0.25) is 0 Å². The van der Waals surface area contributed by atoms with Crippen LogP contribution in [0.5, 0.6) is 0 Å². The van der Waals surface area contributed by atoms with Crippen LogP contribution in [-0.4, -0.2) is 25.0 Å². The summed E-state index contributed by atoms with van der Waals surface area (Å²) in [4.78, 5) is 22.6. The van der Waals surface area contributed by atoms with Crippen LogP contribution in [0.3, 0.4) is 0 Å². The second-order valence-corrected chi connectivity index (χ2v) is 4.35. The van der Waals surface area contributed by atoms with E-state index >= 15 is 0 Å². The summed E-state index contributed by atoms with van der Waals surface area (Å²) in [7, 11) is 0. The Hall–Kier alpha value is -2.34. The van der Waals surface area contributed by atoms with Crippen LogP contribution in [0.1, 0.15) is 6.92 Å². The van der Waals surface area contributed by atoms with Crippen LogP contribution in [0.25, 0.3) is 0 Å². The predicted octanol–water partition coefficient (Wildman–Crippen LogP) is 1.04. The topological polar surface area (TPSA) is 96.2 Å². The van der Waals surface area contributed by atoms with Gasteiger partial charge in [-0.25, -0.2) is 4.79 Å². The van der Waals surface area contributed by atoms with Crippen molar-refractivity contribution in [1.82, 2.24) is 5.32 Å². The highest BCUT2D eigenvalue weighted by Crippen LogP contribution is 2.16. The van der Waals surface area contributed by atoms with Gasteiger partial charge in [0.1, 0.15) is 0 Å². The fourth-order valence-electron chi connectivity index (χ4n) is 1.68. The van der Waals surface area contributed by atoms with Gasteiger partial charge in [0.15, 0.2) is 0 Å². The molecular formula is C13H16N4O2. The number of anilines is 2. The van der Waals surface area contributed by atoms with E-state index in [1.807, 2.05) is 6.92 Å². The molecule has 0 aromatic heterocycles. The fraction of sp³-hybridized carbons (Fsp3) is 0.231. The molecule has 1 aliphatic rings. The average Bonchev–Trinajstić information content (AvgIpc) is 2.28. The van der Waals surface area contributed by atoms with Crippen LogP contribution >= 0.6 is 0 Å². The fourth-order valence-corrected chi connectivity index (χ4v) is 1.68. The summed E-state index contributed by atoms with van der Waals surface area (Å²) in [5.41, 5.74) is 8.14. The minimum absolute atomic E-state index is 0.105. The summed E-state index contributed by atoms with van der Waals surface area (Å²) in [5.74, 6) is -0.105. The molecule has 1 aliphatic heterocycles. The molecule has 0 spiro atoms. The Morgan fingerprint density at radius 1 is 1.11 bits per heavy atom. The Morgan fingerprint density at radius 3 is 2.05 bits per heavy atom. The predicted molar refractivity (Wildman–Crippen MR) is 73.8 cm³/mol. The van der Waals surface area contributed by atoms with Gasteiger partial charge in [0.05, 0.1) is 0 Å². The van der Waals surface area contributed by atoms with Gasteiger partial charge >= 0.3 is 6.03 Å². The van der Waals surface area contributed by atoms with Crippen LogP contribution in [0.4, 0.5) is 16.2 Å². The molecule has 6 nitrogen and oxygen atoms in total. The molecule has 6 heteroatoms. The third kappa shape index (κ3) is 3.32. The molecule has 19 heavy (non-hydrogen) atoms. The number of benzene rings is 1. The molecule has 100 valence electrons. The quantitative estimate of drug-likeness (QED) is 0.611. The maximum absolute atomic E-state index is 11.9. The van der Waals surface area contributed by atoms with E-state index in [0.717, 1.165) is 24.2 Å². The lowest BCUT2D eigenvalue weighted by molar-refractivity contribution is -0.112. The lowest BCUT2D eigenvalue weighted by Gasteiger charge is -2.21. The first kappa shape index (κ1) is 13.1. The largest absolute Gasteiger partial charge is 0.351 e. The smallest absolute Gasteiger partial charge is 0.316 e. The van der Waals surface area contributed by atoms with Crippen LogP contribution in [0, 0.1) is 0 Å². The molecular weight excluding hydrogens is 244 g/mol. The van der Waals surface area contributed by atoms with Crippen molar-refractivity contribution in [1.29, 1.82) is 0 Å². The minimum atomic E-state index is -0.616. The number of hydrogen-bond acceptors (Lipinski definition) is 3. The average molecular weight is 260 g/mol. The van der Waals surface area contributed by atoms with E-state index in [1.54, 1.807) is 24.3 Å². The number of primary amides is 1. The van der Waals surface area contributed by atoms with Crippen molar-refractivity contribution in [3.8, 4) is 0 Å². The lowest BCUT2D eigenvalue weighted by Crippen LogP contribution is -2.36. The van der Waals surface area contributed by atoms with E-state index in [1.165, 1.54) is 0 Å². The van der Waals surface area contributed by atoms with Gasteiger partial charge in [-0.2, -0.15) is 0 Å². The summed E-state index contributed by atoms with van der Waals surface area (Å²) in [5, 5.41) is 8.35. The summed E-state index contributed by atoms with van der Waals surface area (Å²) in [6, 6.07) is 6.15. The highest BCUT2D eigenvalue weighted by Gasteiger charge is 2.15. The Labute approximate surface area is 111 Å². The Bertz CT molecular complexity index is 528. The molecule has 1 fully saturated rings. The van der Waals surface area contributed by atoms with Crippen molar-refractivity contribution in [2.45, 2.75) is 6.92 Å². The minimum Gasteiger partial charge on any atom is -0.351 e. The first-order valence-corrected chi connectivity index (χ1v) is 5.93. The normalized spacial score (nSPS) is 13.4. The molecule has 0 radical (unpaired) electrons. The van der Waals surface area contributed by atoms with E-state index in [9.17, 15) is 9.59 Å². The van der Waals surface area contributed by atoms with Crippen LogP contribution in [-0.2, 0) is 4.79 Å². The maximum atomic E-state index is 11.9. The van der Waals surface area contributed by atoms with Crippen molar-refractivity contribution in [3.05, 3.63) is 35.4 Å². The van der Waals surface area contributed by atoms with Gasteiger partial charge in [-0.1, -0.05) is 0 Å². The van der Waals surface area contributed by atoms with Crippen molar-refractivity contribution in [3.63, 3.8) is 0 Å². The summed E-state index contributed by atoms with van der Waals surface area (Å²) in [6.45, 7) is 3.37. The Morgan fingerprint density at radius 2 is 1.63 bits per heavy atom. The summed E-state index contributed by atoms with van der Waals surface area (Å²) in [6.07, 6.45) is 0. The van der Waals surface area contributed by atoms with Crippen molar-refractivity contribution in [2.24, 2.45) is 5.73 Å². The zero-order valence-electron chi connectivity index (χ0n) is 10.6. The number of urea groups is 1. The molecule has 1 saturated heterocycles. The van der Waals surface area contributed by atoms with Gasteiger partial charge in [-0.15, -0.1) is 0 Å². The first-order valence-electron chi connectivity index (χ1n) is 5.93. The van der Waals surface area contributed by atoms with Gasteiger partial charge in [-0.05, 0) is 36.8 Å². The number of hydrogen-bond donors (Lipinski definition) is 4. The van der Waals surface area contributed by atoms with Gasteiger partial charge in [0.25, 0.3) is 5.91 Å². The zero-order chi connectivity index (χ0) is 13.8. The van der Waals surface area contributed by atoms with Crippen LogP contribution < -0.4 is 21.7 Å². The molecule has 0 atom stereocenters. The van der Waals surface area contributed by atoms with E-state index in [2.05, 4.69) is 16.0 Å². The molecule has 5 N–H and O–H groups in total. The zero-order valence-corrected chi connectivity index (χ0v) is 10.6. The van der Waals surface area contributed by atoms with Gasteiger partial charge in [0, 0.05) is 30.0 Å². The molecule has 0 saturated carbocycles. The Balaban J connectivity index is 1.99. The van der Waals surface area contributed by atoms with Crippen molar-refractivity contribution in [2.75, 3.05) is 23.7 Å². The highest BCUT2D eigenvalue weighted by atomic mass is 16.2. The second-order valence-electron chi connectivity index (χ2n) is 4.35. The molecule has 2 rings (SSSR count). The third-order valence-electron chi connectivity index (χ3n) is 2.96. The van der Waals surface area contributed by atoms with Gasteiger partial charge < -0.3 is 21.7 Å². The number of nitrogens with two attached hydrogens (primary N) is 1. The molecule has 0 aliphatic carbocycles. The van der Waals surface area contributed by atoms with Crippen molar-refractivity contribution >= 4 is 23.3 Å². The number of carbonyl (C=O) groups is 2. The monoisotopic (exact) mass is 260 g/mol. The maximum Gasteiger partial charge on any atom is 0.316 e. The molecule has 0 unspecified atom stereocenters. The first-order chi connectivity index (χ1) is 9.06. The molecule has 1 aromatic rings. The number of nitrogens with one attached hydrogen (secondary N) is 3. The second kappa shape index (κ2) is 5.53.